The van der Waals surface area contributed by atoms with Gasteiger partial charge in [0.05, 0.1) is 30.3 Å². The molecule has 2 N–H and O–H groups in total. The average molecular weight is 270 g/mol. The first kappa shape index (κ1) is 13.8. The van der Waals surface area contributed by atoms with E-state index in [1.807, 2.05) is 0 Å². The van der Waals surface area contributed by atoms with Gasteiger partial charge in [0.25, 0.3) is 5.91 Å². The first-order valence-electron chi connectivity index (χ1n) is 6.14. The van der Waals surface area contributed by atoms with E-state index in [1.165, 1.54) is 6.20 Å². The van der Waals surface area contributed by atoms with Gasteiger partial charge in [0, 0.05) is 30.9 Å². The topological polar surface area (TPSA) is 75.4 Å². The molecular formula is C15H14N2O3. The lowest BCUT2D eigenvalue weighted by atomic mass is 10.1. The number of aromatic nitrogens is 1. The van der Waals surface area contributed by atoms with E-state index in [0.29, 0.717) is 24.1 Å². The normalized spacial score (nSPS) is 9.65. The zero-order chi connectivity index (χ0) is 14.2. The third kappa shape index (κ3) is 3.70. The molecule has 0 unspecified atom stereocenters. The van der Waals surface area contributed by atoms with Gasteiger partial charge in [-0.15, -0.1) is 0 Å². The number of aliphatic hydroxyl groups is 1. The fraction of sp³-hybridized carbons (Fsp3) is 0.200. The van der Waals surface area contributed by atoms with Crippen molar-refractivity contribution in [3.05, 3.63) is 53.7 Å². The second kappa shape index (κ2) is 7.12. The zero-order valence-corrected chi connectivity index (χ0v) is 10.8. The van der Waals surface area contributed by atoms with Gasteiger partial charge < -0.3 is 14.8 Å². The third-order valence-electron chi connectivity index (χ3n) is 2.56. The van der Waals surface area contributed by atoms with Crippen molar-refractivity contribution >= 4 is 5.91 Å². The van der Waals surface area contributed by atoms with Crippen LogP contribution in [0.15, 0.2) is 41.5 Å². The zero-order valence-electron chi connectivity index (χ0n) is 10.8. The molecule has 20 heavy (non-hydrogen) atoms. The summed E-state index contributed by atoms with van der Waals surface area (Å²) in [7, 11) is 0. The van der Waals surface area contributed by atoms with Crippen molar-refractivity contribution in [3.8, 4) is 11.8 Å². The summed E-state index contributed by atoms with van der Waals surface area (Å²) in [4.78, 5) is 16.1. The summed E-state index contributed by atoms with van der Waals surface area (Å²) in [6, 6.07) is 3.41. The van der Waals surface area contributed by atoms with Gasteiger partial charge in [0.15, 0.2) is 0 Å². The fourth-order valence-corrected chi connectivity index (χ4v) is 1.58. The van der Waals surface area contributed by atoms with E-state index in [9.17, 15) is 4.79 Å². The smallest absolute Gasteiger partial charge is 0.252 e. The molecule has 0 atom stereocenters. The van der Waals surface area contributed by atoms with Crippen LogP contribution in [0, 0.1) is 11.8 Å². The summed E-state index contributed by atoms with van der Waals surface area (Å²) >= 11 is 0. The van der Waals surface area contributed by atoms with Crippen molar-refractivity contribution < 1.29 is 14.3 Å². The molecule has 0 aliphatic carbocycles. The Labute approximate surface area is 116 Å². The van der Waals surface area contributed by atoms with Crippen molar-refractivity contribution in [2.75, 3.05) is 6.61 Å². The van der Waals surface area contributed by atoms with Crippen LogP contribution in [-0.4, -0.2) is 22.6 Å². The molecule has 5 heteroatoms. The van der Waals surface area contributed by atoms with Gasteiger partial charge in [0.2, 0.25) is 0 Å². The predicted octanol–water partition coefficient (Wildman–Crippen LogP) is 1.34. The van der Waals surface area contributed by atoms with Crippen LogP contribution in [0.5, 0.6) is 0 Å². The van der Waals surface area contributed by atoms with Crippen LogP contribution in [0.3, 0.4) is 0 Å². The predicted molar refractivity (Wildman–Crippen MR) is 72.7 cm³/mol. The molecule has 0 bridgehead atoms. The summed E-state index contributed by atoms with van der Waals surface area (Å²) in [5, 5.41) is 11.5. The summed E-state index contributed by atoms with van der Waals surface area (Å²) in [5.41, 5.74) is 1.90. The summed E-state index contributed by atoms with van der Waals surface area (Å²) in [6.45, 7) is 0.385. The molecule has 2 heterocycles. The molecule has 0 spiro atoms. The molecule has 102 valence electrons. The lowest BCUT2D eigenvalue weighted by molar-refractivity contribution is 0.0950. The Bertz CT molecular complexity index is 624. The number of pyridine rings is 1. The van der Waals surface area contributed by atoms with Gasteiger partial charge >= 0.3 is 0 Å². The number of amides is 1. The number of carbonyl (C=O) groups excluding carboxylic acids is 1. The Balaban J connectivity index is 2.07. The Morgan fingerprint density at radius 1 is 1.45 bits per heavy atom. The highest BCUT2D eigenvalue weighted by molar-refractivity contribution is 5.96. The Morgan fingerprint density at radius 2 is 2.35 bits per heavy atom. The van der Waals surface area contributed by atoms with Gasteiger partial charge in [-0.1, -0.05) is 11.8 Å². The van der Waals surface area contributed by atoms with Crippen molar-refractivity contribution in [1.29, 1.82) is 0 Å². The van der Waals surface area contributed by atoms with Gasteiger partial charge in [-0.25, -0.2) is 0 Å². The highest BCUT2D eigenvalue weighted by atomic mass is 16.3. The van der Waals surface area contributed by atoms with Crippen LogP contribution >= 0.6 is 0 Å². The number of furan rings is 1. The quantitative estimate of drug-likeness (QED) is 0.822. The molecule has 2 aromatic rings. The minimum absolute atomic E-state index is 0.00468. The first-order chi connectivity index (χ1) is 9.81. The molecule has 2 rings (SSSR count). The molecule has 0 radical (unpaired) electrons. The van der Waals surface area contributed by atoms with Crippen LogP contribution in [0.1, 0.15) is 27.9 Å². The van der Waals surface area contributed by atoms with E-state index in [-0.39, 0.29) is 12.5 Å². The van der Waals surface area contributed by atoms with Gasteiger partial charge in [-0.05, 0) is 12.1 Å². The van der Waals surface area contributed by atoms with Crippen molar-refractivity contribution in [2.24, 2.45) is 0 Å². The van der Waals surface area contributed by atoms with Crippen LogP contribution < -0.4 is 5.32 Å². The van der Waals surface area contributed by atoms with Crippen LogP contribution in [0.4, 0.5) is 0 Å². The van der Waals surface area contributed by atoms with Crippen LogP contribution in [0.2, 0.25) is 0 Å². The maximum Gasteiger partial charge on any atom is 0.252 e. The van der Waals surface area contributed by atoms with Gasteiger partial charge in [0.1, 0.15) is 0 Å². The SMILES string of the molecule is O=C(NCc1ccoc1)c1ccncc1C#CCCO. The number of nitrogens with one attached hydrogen (secondary N) is 1. The van der Waals surface area contributed by atoms with E-state index < -0.39 is 0 Å². The van der Waals surface area contributed by atoms with Crippen molar-refractivity contribution in [2.45, 2.75) is 13.0 Å². The molecule has 0 saturated carbocycles. The molecule has 0 aromatic carbocycles. The van der Waals surface area contributed by atoms with Gasteiger partial charge in [-0.2, -0.15) is 0 Å². The summed E-state index contributed by atoms with van der Waals surface area (Å²) < 4.78 is 4.93. The molecule has 1 amide bonds. The summed E-state index contributed by atoms with van der Waals surface area (Å²) in [5.74, 6) is 5.40. The number of carbonyl (C=O) groups is 1. The first-order valence-corrected chi connectivity index (χ1v) is 6.14. The second-order valence-electron chi connectivity index (χ2n) is 4.01. The number of rotatable bonds is 4. The van der Waals surface area contributed by atoms with E-state index in [2.05, 4.69) is 22.1 Å². The average Bonchev–Trinajstić information content (AvgIpc) is 2.99. The molecular weight excluding hydrogens is 256 g/mol. The maximum absolute atomic E-state index is 12.1. The monoisotopic (exact) mass is 270 g/mol. The Morgan fingerprint density at radius 3 is 3.10 bits per heavy atom. The largest absolute Gasteiger partial charge is 0.472 e. The minimum atomic E-state index is -0.220. The van der Waals surface area contributed by atoms with Crippen LogP contribution in [-0.2, 0) is 6.54 Å². The minimum Gasteiger partial charge on any atom is -0.472 e. The third-order valence-corrected chi connectivity index (χ3v) is 2.56. The summed E-state index contributed by atoms with van der Waals surface area (Å²) in [6.07, 6.45) is 6.58. The highest BCUT2D eigenvalue weighted by Gasteiger charge is 2.09. The lowest BCUT2D eigenvalue weighted by Gasteiger charge is -2.05. The van der Waals surface area contributed by atoms with Crippen molar-refractivity contribution in [3.63, 3.8) is 0 Å². The number of hydrogen-bond acceptors (Lipinski definition) is 4. The number of nitrogens with zero attached hydrogens (tertiary/aromatic N) is 1. The molecule has 5 nitrogen and oxygen atoms in total. The molecule has 0 saturated heterocycles. The van der Waals surface area contributed by atoms with Crippen LogP contribution in [0.25, 0.3) is 0 Å². The fourth-order valence-electron chi connectivity index (χ4n) is 1.58. The molecule has 0 aliphatic heterocycles. The van der Waals surface area contributed by atoms with E-state index >= 15 is 0 Å². The maximum atomic E-state index is 12.1. The molecule has 0 aliphatic rings. The Kier molecular flexibility index (Phi) is 4.93. The van der Waals surface area contributed by atoms with E-state index in [4.69, 9.17) is 9.52 Å². The van der Waals surface area contributed by atoms with E-state index in [0.717, 1.165) is 5.56 Å². The lowest BCUT2D eigenvalue weighted by Crippen LogP contribution is -2.23. The second-order valence-corrected chi connectivity index (χ2v) is 4.01. The van der Waals surface area contributed by atoms with E-state index in [1.54, 1.807) is 30.9 Å². The number of hydrogen-bond donors (Lipinski definition) is 2. The Hall–Kier alpha value is -2.58. The van der Waals surface area contributed by atoms with Crippen molar-refractivity contribution in [1.82, 2.24) is 10.3 Å². The van der Waals surface area contributed by atoms with Gasteiger partial charge in [-0.3, -0.25) is 9.78 Å². The molecule has 0 fully saturated rings. The highest BCUT2D eigenvalue weighted by Crippen LogP contribution is 2.06. The number of aliphatic hydroxyl groups excluding tert-OH is 1. The molecule has 2 aromatic heterocycles. The standard InChI is InChI=1S/C15H14N2O3/c18-7-2-1-3-13-10-16-6-4-14(13)15(19)17-9-12-5-8-20-11-12/h4-6,8,10-11,18H,2,7,9H2,(H,17,19).